The highest BCUT2D eigenvalue weighted by Crippen LogP contribution is 2.40. The summed E-state index contributed by atoms with van der Waals surface area (Å²) in [7, 11) is 0. The van der Waals surface area contributed by atoms with Crippen molar-refractivity contribution in [2.75, 3.05) is 0 Å². The third kappa shape index (κ3) is 3.25. The first-order chi connectivity index (χ1) is 5.59. The summed E-state index contributed by atoms with van der Waals surface area (Å²) in [5, 5.41) is 0. The van der Waals surface area contributed by atoms with Crippen LogP contribution in [0.25, 0.3) is 0 Å². The summed E-state index contributed by atoms with van der Waals surface area (Å²) in [6.45, 7) is 18.5. The van der Waals surface area contributed by atoms with Crippen molar-refractivity contribution in [2.24, 2.45) is 16.6 Å². The summed E-state index contributed by atoms with van der Waals surface area (Å²) in [4.78, 5) is 0. The van der Waals surface area contributed by atoms with Crippen LogP contribution in [-0.2, 0) is 0 Å². The standard InChI is InChI=1S/C12H23N/c1-9(2)11(4,5)8-12(6,7)10(3)13/h1,3,8,13H2,2,4-7H3. The van der Waals surface area contributed by atoms with E-state index in [9.17, 15) is 0 Å². The van der Waals surface area contributed by atoms with Gasteiger partial charge in [-0.15, -0.1) is 0 Å². The first-order valence-corrected chi connectivity index (χ1v) is 4.70. The van der Waals surface area contributed by atoms with Crippen molar-refractivity contribution >= 4 is 0 Å². The topological polar surface area (TPSA) is 26.0 Å². The summed E-state index contributed by atoms with van der Waals surface area (Å²) in [5.74, 6) is 0. The zero-order valence-corrected chi connectivity index (χ0v) is 9.70. The van der Waals surface area contributed by atoms with Crippen LogP contribution >= 0.6 is 0 Å². The van der Waals surface area contributed by atoms with Crippen LogP contribution in [0.3, 0.4) is 0 Å². The predicted molar refractivity (Wildman–Crippen MR) is 60.3 cm³/mol. The molecule has 0 unspecified atom stereocenters. The quantitative estimate of drug-likeness (QED) is 0.660. The monoisotopic (exact) mass is 181 g/mol. The van der Waals surface area contributed by atoms with E-state index in [1.165, 1.54) is 5.57 Å². The van der Waals surface area contributed by atoms with Crippen LogP contribution in [0.15, 0.2) is 24.4 Å². The van der Waals surface area contributed by atoms with Crippen molar-refractivity contribution in [3.05, 3.63) is 24.4 Å². The van der Waals surface area contributed by atoms with Crippen LogP contribution in [0.5, 0.6) is 0 Å². The van der Waals surface area contributed by atoms with Gasteiger partial charge < -0.3 is 5.73 Å². The fourth-order valence-electron chi connectivity index (χ4n) is 1.37. The fraction of sp³-hybridized carbons (Fsp3) is 0.667. The van der Waals surface area contributed by atoms with Gasteiger partial charge in [0.25, 0.3) is 0 Å². The predicted octanol–water partition coefficient (Wildman–Crippen LogP) is 3.48. The van der Waals surface area contributed by atoms with E-state index in [0.29, 0.717) is 0 Å². The van der Waals surface area contributed by atoms with Crippen LogP contribution in [0.1, 0.15) is 41.0 Å². The molecule has 2 N–H and O–H groups in total. The van der Waals surface area contributed by atoms with E-state index < -0.39 is 0 Å². The Bertz CT molecular complexity index is 197. The lowest BCUT2D eigenvalue weighted by atomic mass is 9.71. The zero-order chi connectivity index (χ0) is 10.9. The first kappa shape index (κ1) is 12.3. The van der Waals surface area contributed by atoms with E-state index >= 15 is 0 Å². The Balaban J connectivity index is 4.61. The maximum Gasteiger partial charge on any atom is 0.00652 e. The van der Waals surface area contributed by atoms with Gasteiger partial charge in [0.2, 0.25) is 0 Å². The summed E-state index contributed by atoms with van der Waals surface area (Å²) in [6, 6.07) is 0. The number of allylic oxidation sites excluding steroid dienone is 2. The van der Waals surface area contributed by atoms with Crippen LogP contribution in [-0.4, -0.2) is 0 Å². The average molecular weight is 181 g/mol. The van der Waals surface area contributed by atoms with Gasteiger partial charge in [-0.25, -0.2) is 0 Å². The van der Waals surface area contributed by atoms with E-state index in [1.54, 1.807) is 0 Å². The molecular formula is C12H23N. The third-order valence-electron chi connectivity index (χ3n) is 2.91. The van der Waals surface area contributed by atoms with Crippen molar-refractivity contribution in [3.63, 3.8) is 0 Å². The average Bonchev–Trinajstić information content (AvgIpc) is 1.83. The smallest absolute Gasteiger partial charge is 0.00652 e. The molecule has 0 saturated carbocycles. The molecule has 0 aromatic heterocycles. The Hall–Kier alpha value is -0.720. The molecule has 0 spiro atoms. The number of rotatable bonds is 4. The lowest BCUT2D eigenvalue weighted by Crippen LogP contribution is -2.28. The molecule has 0 aromatic carbocycles. The van der Waals surface area contributed by atoms with Gasteiger partial charge in [0.15, 0.2) is 0 Å². The van der Waals surface area contributed by atoms with Crippen LogP contribution in [0, 0.1) is 10.8 Å². The van der Waals surface area contributed by atoms with Gasteiger partial charge in [-0.1, -0.05) is 46.4 Å². The Morgan fingerprint density at radius 2 is 1.46 bits per heavy atom. The maximum absolute atomic E-state index is 5.75. The van der Waals surface area contributed by atoms with Gasteiger partial charge in [-0.2, -0.15) is 0 Å². The highest BCUT2D eigenvalue weighted by atomic mass is 14.6. The van der Waals surface area contributed by atoms with Crippen molar-refractivity contribution in [1.82, 2.24) is 0 Å². The van der Waals surface area contributed by atoms with E-state index in [2.05, 4.69) is 47.8 Å². The summed E-state index contributed by atoms with van der Waals surface area (Å²) < 4.78 is 0. The second-order valence-electron chi connectivity index (χ2n) is 5.25. The summed E-state index contributed by atoms with van der Waals surface area (Å²) in [6.07, 6.45) is 0.991. The largest absolute Gasteiger partial charge is 0.402 e. The molecule has 0 saturated heterocycles. The van der Waals surface area contributed by atoms with Gasteiger partial charge in [0.05, 0.1) is 0 Å². The lowest BCUT2D eigenvalue weighted by Gasteiger charge is -2.35. The molecule has 0 aromatic rings. The minimum absolute atomic E-state index is 0.0115. The second kappa shape index (κ2) is 3.57. The molecule has 1 nitrogen and oxygen atoms in total. The molecule has 0 fully saturated rings. The van der Waals surface area contributed by atoms with Gasteiger partial charge in [-0.05, 0) is 18.8 Å². The van der Waals surface area contributed by atoms with E-state index in [0.717, 1.165) is 12.1 Å². The van der Waals surface area contributed by atoms with Crippen molar-refractivity contribution in [2.45, 2.75) is 41.0 Å². The molecule has 0 aliphatic heterocycles. The molecule has 0 bridgehead atoms. The number of hydrogen-bond donors (Lipinski definition) is 1. The molecule has 0 aliphatic carbocycles. The lowest BCUT2D eigenvalue weighted by molar-refractivity contribution is 0.266. The maximum atomic E-state index is 5.75. The van der Waals surface area contributed by atoms with Gasteiger partial charge in [0, 0.05) is 11.1 Å². The van der Waals surface area contributed by atoms with Crippen LogP contribution in [0.2, 0.25) is 0 Å². The highest BCUT2D eigenvalue weighted by Gasteiger charge is 2.30. The normalized spacial score (nSPS) is 12.7. The minimum atomic E-state index is -0.0115. The summed E-state index contributed by atoms with van der Waals surface area (Å²) in [5.41, 5.74) is 7.82. The Labute approximate surface area is 82.7 Å². The van der Waals surface area contributed by atoms with E-state index in [4.69, 9.17) is 5.73 Å². The molecule has 0 rings (SSSR count). The Morgan fingerprint density at radius 1 is 1.08 bits per heavy atom. The Kier molecular flexibility index (Phi) is 3.37. The molecular weight excluding hydrogens is 158 g/mol. The molecule has 0 radical (unpaired) electrons. The molecule has 0 heterocycles. The molecule has 13 heavy (non-hydrogen) atoms. The van der Waals surface area contributed by atoms with E-state index in [1.807, 2.05) is 0 Å². The fourth-order valence-corrected chi connectivity index (χ4v) is 1.37. The van der Waals surface area contributed by atoms with Crippen molar-refractivity contribution < 1.29 is 0 Å². The minimum Gasteiger partial charge on any atom is -0.402 e. The van der Waals surface area contributed by atoms with Crippen LogP contribution in [0.4, 0.5) is 0 Å². The Morgan fingerprint density at radius 3 is 1.69 bits per heavy atom. The summed E-state index contributed by atoms with van der Waals surface area (Å²) >= 11 is 0. The molecule has 0 amide bonds. The molecule has 1 heteroatoms. The molecule has 76 valence electrons. The van der Waals surface area contributed by atoms with Gasteiger partial charge in [-0.3, -0.25) is 0 Å². The SMILES string of the molecule is C=C(C)C(C)(C)CC(C)(C)C(=C)N. The third-order valence-corrected chi connectivity index (χ3v) is 2.91. The molecule has 0 atom stereocenters. The molecule has 0 aliphatic rings. The zero-order valence-electron chi connectivity index (χ0n) is 9.70. The highest BCUT2D eigenvalue weighted by molar-refractivity contribution is 5.10. The van der Waals surface area contributed by atoms with Crippen molar-refractivity contribution in [3.8, 4) is 0 Å². The van der Waals surface area contributed by atoms with Gasteiger partial charge >= 0.3 is 0 Å². The van der Waals surface area contributed by atoms with Crippen LogP contribution < -0.4 is 5.73 Å². The second-order valence-corrected chi connectivity index (χ2v) is 5.25. The van der Waals surface area contributed by atoms with Crippen molar-refractivity contribution in [1.29, 1.82) is 0 Å². The van der Waals surface area contributed by atoms with Gasteiger partial charge in [0.1, 0.15) is 0 Å². The first-order valence-electron chi connectivity index (χ1n) is 4.70. The van der Waals surface area contributed by atoms with E-state index in [-0.39, 0.29) is 10.8 Å². The number of hydrogen-bond acceptors (Lipinski definition) is 1. The number of nitrogens with two attached hydrogens (primary N) is 1.